The van der Waals surface area contributed by atoms with Crippen molar-refractivity contribution in [3.63, 3.8) is 0 Å². The number of fused-ring (bicyclic) bond motifs is 1. The summed E-state index contributed by atoms with van der Waals surface area (Å²) >= 11 is 0. The lowest BCUT2D eigenvalue weighted by molar-refractivity contribution is 0.102. The van der Waals surface area contributed by atoms with Crippen molar-refractivity contribution in [1.29, 1.82) is 0 Å². The Morgan fingerprint density at radius 1 is 1.09 bits per heavy atom. The SMILES string of the molecule is CCN(CC)CCn1c(NC(=O)c2ccc(-n3nc(C)cc3C)nc2)nc2ccccc21. The molecule has 0 saturated carbocycles. The van der Waals surface area contributed by atoms with E-state index in [4.69, 9.17) is 0 Å². The summed E-state index contributed by atoms with van der Waals surface area (Å²) in [7, 11) is 0. The summed E-state index contributed by atoms with van der Waals surface area (Å²) in [6.45, 7) is 11.8. The molecule has 0 aliphatic heterocycles. The Balaban J connectivity index is 1.56. The van der Waals surface area contributed by atoms with E-state index < -0.39 is 0 Å². The van der Waals surface area contributed by atoms with Gasteiger partial charge >= 0.3 is 0 Å². The largest absolute Gasteiger partial charge is 0.309 e. The number of hydrogen-bond donors (Lipinski definition) is 1. The number of hydrogen-bond acceptors (Lipinski definition) is 5. The number of imidazole rings is 1. The molecule has 1 N–H and O–H groups in total. The highest BCUT2D eigenvalue weighted by Gasteiger charge is 2.16. The number of aryl methyl sites for hydroxylation is 2. The fraction of sp³-hybridized carbons (Fsp3) is 0.333. The summed E-state index contributed by atoms with van der Waals surface area (Å²) in [6.07, 6.45) is 1.57. The summed E-state index contributed by atoms with van der Waals surface area (Å²) in [6, 6.07) is 13.5. The second kappa shape index (κ2) is 9.32. The molecule has 8 heteroatoms. The molecule has 0 aliphatic carbocycles. The van der Waals surface area contributed by atoms with Crippen molar-refractivity contribution in [3.05, 3.63) is 65.6 Å². The molecule has 3 aromatic heterocycles. The van der Waals surface area contributed by atoms with E-state index in [9.17, 15) is 4.79 Å². The highest BCUT2D eigenvalue weighted by atomic mass is 16.1. The minimum Gasteiger partial charge on any atom is -0.309 e. The van der Waals surface area contributed by atoms with Crippen LogP contribution in [0.2, 0.25) is 0 Å². The van der Waals surface area contributed by atoms with E-state index >= 15 is 0 Å². The van der Waals surface area contributed by atoms with Crippen LogP contribution in [-0.4, -0.2) is 54.8 Å². The molecule has 0 saturated heterocycles. The lowest BCUT2D eigenvalue weighted by atomic mass is 10.2. The molecule has 3 heterocycles. The molecular formula is C24H29N7O. The Morgan fingerprint density at radius 3 is 2.53 bits per heavy atom. The third kappa shape index (κ3) is 4.40. The van der Waals surface area contributed by atoms with Gasteiger partial charge in [-0.25, -0.2) is 14.6 Å². The molecule has 32 heavy (non-hydrogen) atoms. The van der Waals surface area contributed by atoms with Gasteiger partial charge in [-0.2, -0.15) is 5.10 Å². The van der Waals surface area contributed by atoms with Gasteiger partial charge in [-0.1, -0.05) is 26.0 Å². The predicted octanol–water partition coefficient (Wildman–Crippen LogP) is 3.83. The number of pyridine rings is 1. The lowest BCUT2D eigenvalue weighted by Gasteiger charge is -2.19. The van der Waals surface area contributed by atoms with Gasteiger partial charge in [0.05, 0.1) is 22.3 Å². The third-order valence-electron chi connectivity index (χ3n) is 5.65. The number of anilines is 1. The van der Waals surface area contributed by atoms with Crippen LogP contribution >= 0.6 is 0 Å². The highest BCUT2D eigenvalue weighted by molar-refractivity contribution is 6.04. The van der Waals surface area contributed by atoms with E-state index in [1.807, 2.05) is 44.2 Å². The average Bonchev–Trinajstić information content (AvgIpc) is 3.33. The normalized spacial score (nSPS) is 11.4. The molecule has 1 amide bonds. The van der Waals surface area contributed by atoms with Crippen LogP contribution in [0.3, 0.4) is 0 Å². The second-order valence-corrected chi connectivity index (χ2v) is 7.80. The van der Waals surface area contributed by atoms with E-state index in [-0.39, 0.29) is 5.91 Å². The van der Waals surface area contributed by atoms with E-state index in [0.29, 0.717) is 17.3 Å². The molecule has 0 bridgehead atoms. The van der Waals surface area contributed by atoms with Gasteiger partial charge in [0.1, 0.15) is 0 Å². The summed E-state index contributed by atoms with van der Waals surface area (Å²) in [5.41, 5.74) is 4.26. The Labute approximate surface area is 187 Å². The first-order chi connectivity index (χ1) is 15.5. The third-order valence-corrected chi connectivity index (χ3v) is 5.65. The monoisotopic (exact) mass is 431 g/mol. The number of benzene rings is 1. The number of rotatable bonds is 8. The van der Waals surface area contributed by atoms with Crippen LogP contribution in [0.25, 0.3) is 16.9 Å². The van der Waals surface area contributed by atoms with Crippen LogP contribution in [0.1, 0.15) is 35.6 Å². The fourth-order valence-corrected chi connectivity index (χ4v) is 3.86. The Kier molecular flexibility index (Phi) is 6.32. The molecule has 166 valence electrons. The van der Waals surface area contributed by atoms with Gasteiger partial charge in [-0.05, 0) is 57.3 Å². The first-order valence-electron chi connectivity index (χ1n) is 11.0. The lowest BCUT2D eigenvalue weighted by Crippen LogP contribution is -2.27. The number of para-hydroxylation sites is 2. The van der Waals surface area contributed by atoms with Crippen molar-refractivity contribution in [3.8, 4) is 5.82 Å². The van der Waals surface area contributed by atoms with Gasteiger partial charge in [0, 0.05) is 25.0 Å². The zero-order valence-electron chi connectivity index (χ0n) is 19.0. The van der Waals surface area contributed by atoms with Gasteiger partial charge in [-0.15, -0.1) is 0 Å². The standard InChI is InChI=1S/C24H29N7O/c1-5-29(6-2)13-14-30-21-10-8-7-9-20(21)26-24(30)27-23(32)19-11-12-22(25-16-19)31-18(4)15-17(3)28-31/h7-12,15-16H,5-6,13-14H2,1-4H3,(H,26,27,32). The summed E-state index contributed by atoms with van der Waals surface area (Å²) in [5.74, 6) is 0.987. The average molecular weight is 432 g/mol. The highest BCUT2D eigenvalue weighted by Crippen LogP contribution is 2.20. The number of carbonyl (C=O) groups excluding carboxylic acids is 1. The van der Waals surface area contributed by atoms with Crippen LogP contribution in [-0.2, 0) is 6.54 Å². The summed E-state index contributed by atoms with van der Waals surface area (Å²) in [4.78, 5) is 24.4. The van der Waals surface area contributed by atoms with E-state index in [0.717, 1.165) is 48.6 Å². The van der Waals surface area contributed by atoms with E-state index in [2.05, 4.69) is 43.7 Å². The fourth-order valence-electron chi connectivity index (χ4n) is 3.86. The quantitative estimate of drug-likeness (QED) is 0.459. The van der Waals surface area contributed by atoms with Crippen molar-refractivity contribution >= 4 is 22.9 Å². The van der Waals surface area contributed by atoms with Crippen molar-refractivity contribution in [2.24, 2.45) is 0 Å². The number of aromatic nitrogens is 5. The number of carbonyl (C=O) groups is 1. The minimum atomic E-state index is -0.239. The number of likely N-dealkylation sites (N-methyl/N-ethyl adjacent to an activating group) is 1. The molecule has 0 aliphatic rings. The van der Waals surface area contributed by atoms with Gasteiger partial charge < -0.3 is 9.47 Å². The molecule has 0 unspecified atom stereocenters. The summed E-state index contributed by atoms with van der Waals surface area (Å²) in [5, 5.41) is 7.43. The molecule has 0 atom stereocenters. The number of nitrogens with one attached hydrogen (secondary N) is 1. The van der Waals surface area contributed by atoms with E-state index in [1.165, 1.54) is 0 Å². The zero-order chi connectivity index (χ0) is 22.7. The second-order valence-electron chi connectivity index (χ2n) is 7.80. The predicted molar refractivity (Wildman–Crippen MR) is 126 cm³/mol. The van der Waals surface area contributed by atoms with Crippen LogP contribution in [0, 0.1) is 13.8 Å². The first-order valence-corrected chi connectivity index (χ1v) is 11.0. The number of amides is 1. The van der Waals surface area contributed by atoms with Crippen LogP contribution in [0.5, 0.6) is 0 Å². The topological polar surface area (TPSA) is 80.9 Å². The Morgan fingerprint density at radius 2 is 1.88 bits per heavy atom. The molecule has 0 radical (unpaired) electrons. The minimum absolute atomic E-state index is 0.239. The molecule has 1 aromatic carbocycles. The van der Waals surface area contributed by atoms with Crippen LogP contribution in [0.4, 0.5) is 5.95 Å². The van der Waals surface area contributed by atoms with Crippen LogP contribution in [0.15, 0.2) is 48.7 Å². The molecule has 8 nitrogen and oxygen atoms in total. The van der Waals surface area contributed by atoms with Gasteiger partial charge in [0.25, 0.3) is 5.91 Å². The maximum absolute atomic E-state index is 13.0. The van der Waals surface area contributed by atoms with Gasteiger partial charge in [0.15, 0.2) is 5.82 Å². The summed E-state index contributed by atoms with van der Waals surface area (Å²) < 4.78 is 3.84. The molecule has 4 rings (SSSR count). The maximum Gasteiger partial charge on any atom is 0.259 e. The van der Waals surface area contributed by atoms with Gasteiger partial charge in [-0.3, -0.25) is 10.1 Å². The Bertz CT molecular complexity index is 1220. The van der Waals surface area contributed by atoms with Gasteiger partial charge in [0.2, 0.25) is 5.95 Å². The van der Waals surface area contributed by atoms with Crippen molar-refractivity contribution in [1.82, 2.24) is 29.2 Å². The first kappa shape index (κ1) is 21.7. The molecule has 0 fully saturated rings. The molecular weight excluding hydrogens is 402 g/mol. The van der Waals surface area contributed by atoms with Crippen molar-refractivity contribution in [2.45, 2.75) is 34.2 Å². The molecule has 0 spiro atoms. The van der Waals surface area contributed by atoms with Crippen molar-refractivity contribution in [2.75, 3.05) is 25.0 Å². The Hall–Kier alpha value is -3.52. The van der Waals surface area contributed by atoms with Crippen LogP contribution < -0.4 is 5.32 Å². The maximum atomic E-state index is 13.0. The van der Waals surface area contributed by atoms with Crippen molar-refractivity contribution < 1.29 is 4.79 Å². The molecule has 4 aromatic rings. The zero-order valence-corrected chi connectivity index (χ0v) is 19.0. The van der Waals surface area contributed by atoms with E-state index in [1.54, 1.807) is 23.0 Å². The smallest absolute Gasteiger partial charge is 0.259 e. The number of nitrogens with zero attached hydrogens (tertiary/aromatic N) is 6.